The van der Waals surface area contributed by atoms with E-state index in [1.807, 2.05) is 17.9 Å². The van der Waals surface area contributed by atoms with Gasteiger partial charge in [-0.05, 0) is 31.7 Å². The SMILES string of the molecule is Cc1sc2ccn(C)c(=O)c2c1C(=O)N1CCCC(C)C1. The first kappa shape index (κ1) is 14.3. The van der Waals surface area contributed by atoms with Gasteiger partial charge in [0.1, 0.15) is 0 Å². The highest BCUT2D eigenvalue weighted by Crippen LogP contribution is 2.30. The van der Waals surface area contributed by atoms with Crippen molar-refractivity contribution in [3.8, 4) is 0 Å². The third kappa shape index (κ3) is 2.39. The Balaban J connectivity index is 2.11. The molecule has 3 heterocycles. The number of hydrogen-bond acceptors (Lipinski definition) is 3. The van der Waals surface area contributed by atoms with Crippen molar-refractivity contribution in [3.05, 3.63) is 33.1 Å². The van der Waals surface area contributed by atoms with E-state index in [2.05, 4.69) is 6.92 Å². The topological polar surface area (TPSA) is 42.3 Å². The van der Waals surface area contributed by atoms with Crippen LogP contribution in [0.25, 0.3) is 10.1 Å². The highest BCUT2D eigenvalue weighted by molar-refractivity contribution is 7.19. The van der Waals surface area contributed by atoms with Gasteiger partial charge in [-0.3, -0.25) is 9.59 Å². The van der Waals surface area contributed by atoms with Crippen LogP contribution in [-0.4, -0.2) is 28.5 Å². The molecule has 1 amide bonds. The molecule has 1 atom stereocenters. The van der Waals surface area contributed by atoms with Crippen molar-refractivity contribution in [2.45, 2.75) is 26.7 Å². The summed E-state index contributed by atoms with van der Waals surface area (Å²) in [5.41, 5.74) is 0.538. The van der Waals surface area contributed by atoms with E-state index in [0.717, 1.165) is 29.1 Å². The molecule has 4 nitrogen and oxygen atoms in total. The molecule has 21 heavy (non-hydrogen) atoms. The number of amides is 1. The molecule has 0 saturated carbocycles. The lowest BCUT2D eigenvalue weighted by atomic mass is 9.99. The van der Waals surface area contributed by atoms with Gasteiger partial charge >= 0.3 is 0 Å². The molecular weight excluding hydrogens is 284 g/mol. The van der Waals surface area contributed by atoms with Crippen LogP contribution in [-0.2, 0) is 7.05 Å². The molecular formula is C16H20N2O2S. The Morgan fingerprint density at radius 1 is 1.43 bits per heavy atom. The van der Waals surface area contributed by atoms with Crippen LogP contribution >= 0.6 is 11.3 Å². The molecule has 112 valence electrons. The minimum atomic E-state index is -0.0785. The van der Waals surface area contributed by atoms with Crippen molar-refractivity contribution in [1.29, 1.82) is 0 Å². The lowest BCUT2D eigenvalue weighted by Gasteiger charge is -2.31. The molecule has 0 N–H and O–H groups in total. The first-order valence-corrected chi connectivity index (χ1v) is 8.18. The van der Waals surface area contributed by atoms with Gasteiger partial charge in [0, 0.05) is 35.9 Å². The molecule has 0 aliphatic carbocycles. The third-order valence-corrected chi connectivity index (χ3v) is 5.32. The van der Waals surface area contributed by atoms with Crippen LogP contribution in [0.3, 0.4) is 0 Å². The molecule has 0 aromatic carbocycles. The van der Waals surface area contributed by atoms with Gasteiger partial charge < -0.3 is 9.47 Å². The van der Waals surface area contributed by atoms with Gasteiger partial charge in [-0.2, -0.15) is 0 Å². The number of thiophene rings is 1. The van der Waals surface area contributed by atoms with Crippen molar-refractivity contribution in [2.24, 2.45) is 13.0 Å². The number of aromatic nitrogens is 1. The molecule has 1 fully saturated rings. The normalized spacial score (nSPS) is 19.2. The number of nitrogens with zero attached hydrogens (tertiary/aromatic N) is 2. The van der Waals surface area contributed by atoms with Crippen LogP contribution in [0.5, 0.6) is 0 Å². The molecule has 3 rings (SSSR count). The van der Waals surface area contributed by atoms with Gasteiger partial charge in [-0.1, -0.05) is 6.92 Å². The van der Waals surface area contributed by atoms with Crippen LogP contribution in [0, 0.1) is 12.8 Å². The van der Waals surface area contributed by atoms with E-state index in [1.54, 1.807) is 17.8 Å². The Morgan fingerprint density at radius 3 is 2.90 bits per heavy atom. The van der Waals surface area contributed by atoms with Gasteiger partial charge in [0.05, 0.1) is 10.9 Å². The number of pyridine rings is 1. The summed E-state index contributed by atoms with van der Waals surface area (Å²) in [4.78, 5) is 28.2. The fourth-order valence-corrected chi connectivity index (χ4v) is 4.15. The van der Waals surface area contributed by atoms with Crippen molar-refractivity contribution in [3.63, 3.8) is 0 Å². The molecule has 1 aliphatic heterocycles. The standard InChI is InChI=1S/C16H20N2O2S/c1-10-5-4-7-18(9-10)16(20)13-11(2)21-12-6-8-17(3)15(19)14(12)13/h6,8,10H,4-5,7,9H2,1-3H3. The lowest BCUT2D eigenvalue weighted by molar-refractivity contribution is 0.0685. The van der Waals surface area contributed by atoms with E-state index < -0.39 is 0 Å². The molecule has 1 aliphatic rings. The van der Waals surface area contributed by atoms with E-state index in [0.29, 0.717) is 16.9 Å². The smallest absolute Gasteiger partial charge is 0.259 e. The molecule has 1 unspecified atom stereocenters. The lowest BCUT2D eigenvalue weighted by Crippen LogP contribution is -2.39. The number of carbonyl (C=O) groups is 1. The largest absolute Gasteiger partial charge is 0.338 e. The minimum Gasteiger partial charge on any atom is -0.338 e. The summed E-state index contributed by atoms with van der Waals surface area (Å²) >= 11 is 1.53. The van der Waals surface area contributed by atoms with E-state index >= 15 is 0 Å². The van der Waals surface area contributed by atoms with Crippen LogP contribution < -0.4 is 5.56 Å². The van der Waals surface area contributed by atoms with Gasteiger partial charge in [-0.15, -0.1) is 11.3 Å². The van der Waals surface area contributed by atoms with E-state index in [9.17, 15) is 9.59 Å². The minimum absolute atomic E-state index is 0.0219. The Hall–Kier alpha value is -1.62. The number of fused-ring (bicyclic) bond motifs is 1. The zero-order valence-corrected chi connectivity index (χ0v) is 13.5. The van der Waals surface area contributed by atoms with E-state index in [4.69, 9.17) is 0 Å². The third-order valence-electron chi connectivity index (χ3n) is 4.25. The predicted octanol–water partition coefficient (Wildman–Crippen LogP) is 2.78. The maximum Gasteiger partial charge on any atom is 0.259 e. The van der Waals surface area contributed by atoms with Gasteiger partial charge in [-0.25, -0.2) is 0 Å². The molecule has 5 heteroatoms. The predicted molar refractivity (Wildman–Crippen MR) is 86.1 cm³/mol. The van der Waals surface area contributed by atoms with Crippen LogP contribution in [0.4, 0.5) is 0 Å². The zero-order valence-electron chi connectivity index (χ0n) is 12.7. The summed E-state index contributed by atoms with van der Waals surface area (Å²) < 4.78 is 2.45. The van der Waals surface area contributed by atoms with Crippen molar-refractivity contribution >= 4 is 27.3 Å². The first-order chi connectivity index (χ1) is 9.99. The monoisotopic (exact) mass is 304 g/mol. The molecule has 0 radical (unpaired) electrons. The van der Waals surface area contributed by atoms with Crippen molar-refractivity contribution in [1.82, 2.24) is 9.47 Å². The number of rotatable bonds is 1. The number of hydrogen-bond donors (Lipinski definition) is 0. The van der Waals surface area contributed by atoms with Crippen molar-refractivity contribution < 1.29 is 4.79 Å². The first-order valence-electron chi connectivity index (χ1n) is 7.37. The fraction of sp³-hybridized carbons (Fsp3) is 0.500. The Morgan fingerprint density at radius 2 is 2.19 bits per heavy atom. The summed E-state index contributed by atoms with van der Waals surface area (Å²) in [5.74, 6) is 0.560. The molecule has 2 aromatic heterocycles. The maximum atomic E-state index is 12.9. The number of carbonyl (C=O) groups excluding carboxylic acids is 1. The number of piperidine rings is 1. The van der Waals surface area contributed by atoms with Crippen LogP contribution in [0.1, 0.15) is 35.0 Å². The van der Waals surface area contributed by atoms with Gasteiger partial charge in [0.15, 0.2) is 0 Å². The Kier molecular flexibility index (Phi) is 3.61. The highest BCUT2D eigenvalue weighted by Gasteiger charge is 2.27. The summed E-state index contributed by atoms with van der Waals surface area (Å²) in [5, 5.41) is 0.589. The second kappa shape index (κ2) is 5.30. The molecule has 2 aromatic rings. The average Bonchev–Trinajstić information content (AvgIpc) is 2.79. The van der Waals surface area contributed by atoms with E-state index in [-0.39, 0.29) is 11.5 Å². The summed E-state index contributed by atoms with van der Waals surface area (Å²) in [6.07, 6.45) is 3.98. The second-order valence-corrected chi connectivity index (χ2v) is 7.26. The highest BCUT2D eigenvalue weighted by atomic mass is 32.1. The van der Waals surface area contributed by atoms with Crippen LogP contribution in [0.2, 0.25) is 0 Å². The van der Waals surface area contributed by atoms with Gasteiger partial charge in [0.2, 0.25) is 0 Å². The van der Waals surface area contributed by atoms with E-state index in [1.165, 1.54) is 17.8 Å². The quantitative estimate of drug-likeness (QED) is 0.813. The Bertz CT molecular complexity index is 759. The number of aryl methyl sites for hydroxylation is 2. The second-order valence-electron chi connectivity index (χ2n) is 6.00. The maximum absolute atomic E-state index is 12.9. The zero-order chi connectivity index (χ0) is 15.1. The van der Waals surface area contributed by atoms with Gasteiger partial charge in [0.25, 0.3) is 11.5 Å². The number of likely N-dealkylation sites (tertiary alicyclic amines) is 1. The molecule has 0 spiro atoms. The molecule has 1 saturated heterocycles. The molecule has 0 bridgehead atoms. The summed E-state index contributed by atoms with van der Waals surface area (Å²) in [6, 6.07) is 1.92. The average molecular weight is 304 g/mol. The summed E-state index contributed by atoms with van der Waals surface area (Å²) in [6.45, 7) is 5.71. The van der Waals surface area contributed by atoms with Crippen molar-refractivity contribution in [2.75, 3.05) is 13.1 Å². The fourth-order valence-electron chi connectivity index (χ4n) is 3.11. The Labute approximate surface area is 128 Å². The van der Waals surface area contributed by atoms with Crippen LogP contribution in [0.15, 0.2) is 17.1 Å². The summed E-state index contributed by atoms with van der Waals surface area (Å²) in [7, 11) is 1.73.